The standard InChI is InChI=1S/C12H19BrN4O.2ClH/c1-8(14)4-5-15-12(18)10-6-9(13)7-16-11(10)17(2)3;;/h6-8H,4-5,14H2,1-3H3,(H,15,18);2*1H. The Morgan fingerprint density at radius 3 is 2.60 bits per heavy atom. The molecule has 3 N–H and O–H groups in total. The molecule has 0 aliphatic rings. The number of hydrogen-bond acceptors (Lipinski definition) is 4. The van der Waals surface area contributed by atoms with Gasteiger partial charge in [-0.1, -0.05) is 0 Å². The predicted octanol–water partition coefficient (Wildman–Crippen LogP) is 2.22. The van der Waals surface area contributed by atoms with Crippen LogP contribution in [0.5, 0.6) is 0 Å². The summed E-state index contributed by atoms with van der Waals surface area (Å²) in [5.74, 6) is 0.518. The monoisotopic (exact) mass is 386 g/mol. The van der Waals surface area contributed by atoms with Crippen molar-refractivity contribution in [3.05, 3.63) is 22.3 Å². The summed E-state index contributed by atoms with van der Waals surface area (Å²) < 4.78 is 0.783. The molecule has 5 nitrogen and oxygen atoms in total. The summed E-state index contributed by atoms with van der Waals surface area (Å²) >= 11 is 3.32. The van der Waals surface area contributed by atoms with Gasteiger partial charge in [-0.15, -0.1) is 24.8 Å². The largest absolute Gasteiger partial charge is 0.362 e. The maximum absolute atomic E-state index is 12.1. The minimum Gasteiger partial charge on any atom is -0.362 e. The average molecular weight is 388 g/mol. The minimum atomic E-state index is -0.131. The lowest BCUT2D eigenvalue weighted by molar-refractivity contribution is 0.0953. The lowest BCUT2D eigenvalue weighted by atomic mass is 10.2. The van der Waals surface area contributed by atoms with Gasteiger partial charge in [-0.05, 0) is 35.3 Å². The van der Waals surface area contributed by atoms with E-state index in [-0.39, 0.29) is 36.8 Å². The van der Waals surface area contributed by atoms with Crippen LogP contribution in [0.1, 0.15) is 23.7 Å². The third kappa shape index (κ3) is 6.74. The molecule has 1 aromatic rings. The lowest BCUT2D eigenvalue weighted by Gasteiger charge is -2.16. The number of nitrogens with one attached hydrogen (secondary N) is 1. The van der Waals surface area contributed by atoms with Crippen molar-refractivity contribution in [2.75, 3.05) is 25.5 Å². The van der Waals surface area contributed by atoms with E-state index in [4.69, 9.17) is 5.73 Å². The Kier molecular flexibility index (Phi) is 11.1. The van der Waals surface area contributed by atoms with Crippen LogP contribution in [0.15, 0.2) is 16.7 Å². The second-order valence-electron chi connectivity index (χ2n) is 4.44. The molecule has 0 aliphatic carbocycles. The first-order valence-corrected chi connectivity index (χ1v) is 6.57. The maximum Gasteiger partial charge on any atom is 0.255 e. The van der Waals surface area contributed by atoms with Gasteiger partial charge in [0.05, 0.1) is 5.56 Å². The van der Waals surface area contributed by atoms with Crippen LogP contribution in [0.4, 0.5) is 5.82 Å². The first-order valence-electron chi connectivity index (χ1n) is 5.78. The van der Waals surface area contributed by atoms with Crippen LogP contribution in [-0.4, -0.2) is 37.6 Å². The Bertz CT molecular complexity index is 430. The molecule has 1 amide bonds. The number of nitrogens with two attached hydrogens (primary N) is 1. The van der Waals surface area contributed by atoms with Crippen LogP contribution in [0.3, 0.4) is 0 Å². The number of pyridine rings is 1. The summed E-state index contributed by atoms with van der Waals surface area (Å²) in [6.45, 7) is 2.48. The van der Waals surface area contributed by atoms with Crippen molar-refractivity contribution in [1.82, 2.24) is 10.3 Å². The van der Waals surface area contributed by atoms with Gasteiger partial charge in [0.15, 0.2) is 0 Å². The SMILES string of the molecule is CC(N)CCNC(=O)c1cc(Br)cnc1N(C)C.Cl.Cl. The number of nitrogens with zero attached hydrogens (tertiary/aromatic N) is 2. The van der Waals surface area contributed by atoms with Gasteiger partial charge in [0.2, 0.25) is 0 Å². The Morgan fingerprint density at radius 2 is 2.10 bits per heavy atom. The topological polar surface area (TPSA) is 71.2 Å². The Balaban J connectivity index is 0. The van der Waals surface area contributed by atoms with Gasteiger partial charge in [0.25, 0.3) is 5.91 Å². The van der Waals surface area contributed by atoms with Crippen LogP contribution in [0.2, 0.25) is 0 Å². The molecule has 20 heavy (non-hydrogen) atoms. The molecular formula is C12H21BrCl2N4O. The number of carbonyl (C=O) groups excluding carboxylic acids is 1. The van der Waals surface area contributed by atoms with Crippen molar-refractivity contribution in [2.24, 2.45) is 5.73 Å². The molecule has 0 spiro atoms. The minimum absolute atomic E-state index is 0. The van der Waals surface area contributed by atoms with Crippen LogP contribution in [-0.2, 0) is 0 Å². The summed E-state index contributed by atoms with van der Waals surface area (Å²) in [6.07, 6.45) is 2.43. The molecule has 0 radical (unpaired) electrons. The van der Waals surface area contributed by atoms with Gasteiger partial charge in [0.1, 0.15) is 5.82 Å². The van der Waals surface area contributed by atoms with E-state index in [9.17, 15) is 4.79 Å². The zero-order chi connectivity index (χ0) is 13.7. The number of aromatic nitrogens is 1. The second-order valence-corrected chi connectivity index (χ2v) is 5.36. The van der Waals surface area contributed by atoms with Crippen molar-refractivity contribution in [3.8, 4) is 0 Å². The summed E-state index contributed by atoms with van der Waals surface area (Å²) in [7, 11) is 3.71. The fourth-order valence-corrected chi connectivity index (χ4v) is 1.80. The van der Waals surface area contributed by atoms with Gasteiger partial charge < -0.3 is 16.0 Å². The number of carbonyl (C=O) groups is 1. The van der Waals surface area contributed by atoms with Crippen molar-refractivity contribution in [1.29, 1.82) is 0 Å². The molecule has 1 atom stereocenters. The normalized spacial score (nSPS) is 10.8. The van der Waals surface area contributed by atoms with E-state index in [1.807, 2.05) is 25.9 Å². The van der Waals surface area contributed by atoms with E-state index in [0.717, 1.165) is 10.9 Å². The zero-order valence-corrected chi connectivity index (χ0v) is 14.9. The third-order valence-corrected chi connectivity index (χ3v) is 2.82. The molecule has 116 valence electrons. The average Bonchev–Trinajstić information content (AvgIpc) is 2.27. The van der Waals surface area contributed by atoms with Crippen molar-refractivity contribution < 1.29 is 4.79 Å². The highest BCUT2D eigenvalue weighted by molar-refractivity contribution is 9.10. The molecule has 0 aliphatic heterocycles. The van der Waals surface area contributed by atoms with Gasteiger partial charge in [-0.2, -0.15) is 0 Å². The number of hydrogen-bond donors (Lipinski definition) is 2. The Hall–Kier alpha value is -0.560. The molecule has 0 fully saturated rings. The van der Waals surface area contributed by atoms with Gasteiger partial charge in [0, 0.05) is 37.4 Å². The summed E-state index contributed by atoms with van der Waals surface area (Å²) in [5.41, 5.74) is 6.19. The van der Waals surface area contributed by atoms with Gasteiger partial charge in [-0.25, -0.2) is 4.98 Å². The zero-order valence-electron chi connectivity index (χ0n) is 11.7. The fourth-order valence-electron chi connectivity index (χ4n) is 1.46. The van der Waals surface area contributed by atoms with Crippen LogP contribution in [0, 0.1) is 0 Å². The number of anilines is 1. The van der Waals surface area contributed by atoms with E-state index in [0.29, 0.717) is 17.9 Å². The Labute approximate surface area is 140 Å². The quantitative estimate of drug-likeness (QED) is 0.812. The maximum atomic E-state index is 12.1. The summed E-state index contributed by atoms with van der Waals surface area (Å²) in [5, 5.41) is 2.85. The smallest absolute Gasteiger partial charge is 0.255 e. The fraction of sp³-hybridized carbons (Fsp3) is 0.500. The van der Waals surface area contributed by atoms with E-state index in [2.05, 4.69) is 26.2 Å². The second kappa shape index (κ2) is 10.2. The third-order valence-electron chi connectivity index (χ3n) is 2.39. The first kappa shape index (κ1) is 21.7. The number of rotatable bonds is 5. The highest BCUT2D eigenvalue weighted by atomic mass is 79.9. The summed E-state index contributed by atoms with van der Waals surface area (Å²) in [4.78, 5) is 18.1. The molecule has 0 aromatic carbocycles. The molecule has 8 heteroatoms. The van der Waals surface area contributed by atoms with Gasteiger partial charge in [-0.3, -0.25) is 4.79 Å². The number of amides is 1. The first-order chi connectivity index (χ1) is 8.41. The van der Waals surface area contributed by atoms with Crippen molar-refractivity contribution >= 4 is 52.5 Å². The number of halogens is 3. The highest BCUT2D eigenvalue weighted by Gasteiger charge is 2.14. The molecule has 1 aromatic heterocycles. The predicted molar refractivity (Wildman–Crippen MR) is 91.4 cm³/mol. The Morgan fingerprint density at radius 1 is 1.50 bits per heavy atom. The molecule has 1 rings (SSSR count). The van der Waals surface area contributed by atoms with E-state index in [1.54, 1.807) is 12.3 Å². The van der Waals surface area contributed by atoms with Crippen LogP contribution in [0.25, 0.3) is 0 Å². The molecule has 0 saturated carbocycles. The van der Waals surface area contributed by atoms with E-state index < -0.39 is 0 Å². The van der Waals surface area contributed by atoms with Crippen molar-refractivity contribution in [2.45, 2.75) is 19.4 Å². The van der Waals surface area contributed by atoms with Gasteiger partial charge >= 0.3 is 0 Å². The summed E-state index contributed by atoms with van der Waals surface area (Å²) in [6, 6.07) is 1.85. The molecule has 1 heterocycles. The van der Waals surface area contributed by atoms with E-state index in [1.165, 1.54) is 0 Å². The van der Waals surface area contributed by atoms with Crippen LogP contribution < -0.4 is 16.0 Å². The molecule has 0 bridgehead atoms. The molecule has 1 unspecified atom stereocenters. The molecule has 0 saturated heterocycles. The van der Waals surface area contributed by atoms with Crippen LogP contribution >= 0.6 is 40.7 Å². The lowest BCUT2D eigenvalue weighted by Crippen LogP contribution is -2.30. The van der Waals surface area contributed by atoms with E-state index >= 15 is 0 Å². The highest BCUT2D eigenvalue weighted by Crippen LogP contribution is 2.19. The molecular weight excluding hydrogens is 367 g/mol. The van der Waals surface area contributed by atoms with Crippen molar-refractivity contribution in [3.63, 3.8) is 0 Å².